The maximum Gasteiger partial charge on any atom is 0.237 e. The first-order valence-corrected chi connectivity index (χ1v) is 10.9. The van der Waals surface area contributed by atoms with Crippen LogP contribution in [0.1, 0.15) is 57.2 Å². The fourth-order valence-corrected chi connectivity index (χ4v) is 5.13. The van der Waals surface area contributed by atoms with Crippen LogP contribution in [-0.4, -0.2) is 29.4 Å². The predicted molar refractivity (Wildman–Crippen MR) is 106 cm³/mol. The average Bonchev–Trinajstić information content (AvgIpc) is 3.22. The summed E-state index contributed by atoms with van der Waals surface area (Å²) >= 11 is 0. The summed E-state index contributed by atoms with van der Waals surface area (Å²) in [6, 6.07) is 7.57. The fourth-order valence-electron chi connectivity index (χ4n) is 3.87. The first-order valence-electron chi connectivity index (χ1n) is 9.30. The van der Waals surface area contributed by atoms with Crippen molar-refractivity contribution in [2.45, 2.75) is 63.3 Å². The van der Waals surface area contributed by atoms with Crippen molar-refractivity contribution in [3.63, 3.8) is 0 Å². The maximum atomic E-state index is 11.8. The van der Waals surface area contributed by atoms with Gasteiger partial charge in [-0.15, -0.1) is 0 Å². The van der Waals surface area contributed by atoms with Crippen LogP contribution in [-0.2, 0) is 21.3 Å². The molecular formula is C19H26N4O3S. The maximum absolute atomic E-state index is 11.8. The third-order valence-electron chi connectivity index (χ3n) is 5.18. The summed E-state index contributed by atoms with van der Waals surface area (Å²) in [5.41, 5.74) is 3.02. The van der Waals surface area contributed by atoms with E-state index < -0.39 is 10.0 Å². The minimum absolute atomic E-state index is 0.00159. The smallest absolute Gasteiger partial charge is 0.237 e. The zero-order valence-corrected chi connectivity index (χ0v) is 16.7. The highest BCUT2D eigenvalue weighted by molar-refractivity contribution is 7.92. The van der Waals surface area contributed by atoms with E-state index in [1.165, 1.54) is 0 Å². The molecule has 3 N–H and O–H groups in total. The van der Waals surface area contributed by atoms with Crippen LogP contribution in [0.5, 0.6) is 0 Å². The molecule has 2 heterocycles. The lowest BCUT2D eigenvalue weighted by Crippen LogP contribution is -2.24. The van der Waals surface area contributed by atoms with E-state index in [0.717, 1.165) is 42.0 Å². The van der Waals surface area contributed by atoms with Crippen LogP contribution in [0.15, 0.2) is 24.3 Å². The van der Waals surface area contributed by atoms with Gasteiger partial charge in [-0.1, -0.05) is 0 Å². The van der Waals surface area contributed by atoms with E-state index in [2.05, 4.69) is 36.9 Å². The van der Waals surface area contributed by atoms with E-state index in [1.54, 1.807) is 6.07 Å². The summed E-state index contributed by atoms with van der Waals surface area (Å²) in [4.78, 5) is 0. The topological polar surface area (TPSA) is 96.2 Å². The van der Waals surface area contributed by atoms with Crippen molar-refractivity contribution in [2.24, 2.45) is 0 Å². The molecule has 0 bridgehead atoms. The van der Waals surface area contributed by atoms with Gasteiger partial charge in [0.2, 0.25) is 10.0 Å². The first-order chi connectivity index (χ1) is 12.6. The van der Waals surface area contributed by atoms with E-state index in [4.69, 9.17) is 5.10 Å². The van der Waals surface area contributed by atoms with Crippen molar-refractivity contribution in [1.82, 2.24) is 9.78 Å². The summed E-state index contributed by atoms with van der Waals surface area (Å²) < 4.78 is 28.0. The third-order valence-corrected chi connectivity index (χ3v) is 6.40. The Kier molecular flexibility index (Phi) is 4.23. The zero-order valence-electron chi connectivity index (χ0n) is 15.9. The van der Waals surface area contributed by atoms with Crippen LogP contribution in [0.3, 0.4) is 0 Å². The van der Waals surface area contributed by atoms with Gasteiger partial charge in [0, 0.05) is 17.7 Å². The van der Waals surface area contributed by atoms with Crippen LogP contribution >= 0.6 is 0 Å². The molecule has 1 aromatic heterocycles. The number of nitrogens with one attached hydrogen (secondary N) is 2. The Morgan fingerprint density at radius 1 is 1.26 bits per heavy atom. The second-order valence-electron chi connectivity index (χ2n) is 8.56. The molecule has 0 amide bonds. The van der Waals surface area contributed by atoms with Gasteiger partial charge in [-0.3, -0.25) is 4.72 Å². The molecule has 2 aliphatic rings. The predicted octanol–water partition coefficient (Wildman–Crippen LogP) is 3.27. The molecule has 2 atom stereocenters. The lowest BCUT2D eigenvalue weighted by atomic mass is 10.0. The van der Waals surface area contributed by atoms with Gasteiger partial charge in [0.25, 0.3) is 0 Å². The number of rotatable bonds is 3. The highest BCUT2D eigenvalue weighted by Crippen LogP contribution is 2.37. The lowest BCUT2D eigenvalue weighted by molar-refractivity contribution is 0.181. The normalized spacial score (nSPS) is 23.9. The van der Waals surface area contributed by atoms with Crippen LogP contribution in [0, 0.1) is 0 Å². The van der Waals surface area contributed by atoms with Gasteiger partial charge in [0.15, 0.2) is 0 Å². The van der Waals surface area contributed by atoms with Crippen LogP contribution in [0.4, 0.5) is 17.2 Å². The SMILES string of the molecule is CC(C)(C)n1nc([C@H]2CC[C@@H](O)C2)cc1Nc1ccc2c(c1)CS(=O)(=O)N2. The van der Waals surface area contributed by atoms with Crippen molar-refractivity contribution in [2.75, 3.05) is 10.0 Å². The van der Waals surface area contributed by atoms with Gasteiger partial charge < -0.3 is 10.4 Å². The monoisotopic (exact) mass is 390 g/mol. The number of sulfonamides is 1. The number of hydrogen-bond donors (Lipinski definition) is 3. The number of aliphatic hydroxyl groups excluding tert-OH is 1. The average molecular weight is 391 g/mol. The van der Waals surface area contributed by atoms with E-state index >= 15 is 0 Å². The van der Waals surface area contributed by atoms with E-state index in [9.17, 15) is 13.5 Å². The molecule has 0 radical (unpaired) electrons. The quantitative estimate of drug-likeness (QED) is 0.747. The summed E-state index contributed by atoms with van der Waals surface area (Å²) in [6.07, 6.45) is 2.28. The second kappa shape index (κ2) is 6.24. The Hall–Kier alpha value is -2.06. The molecule has 8 heteroatoms. The Labute approximate surface area is 159 Å². The molecule has 1 aliphatic carbocycles. The van der Waals surface area contributed by atoms with Crippen molar-refractivity contribution in [3.05, 3.63) is 35.5 Å². The Morgan fingerprint density at radius 2 is 2.04 bits per heavy atom. The third kappa shape index (κ3) is 3.68. The largest absolute Gasteiger partial charge is 0.393 e. The summed E-state index contributed by atoms with van der Waals surface area (Å²) in [5.74, 6) is 1.15. The summed E-state index contributed by atoms with van der Waals surface area (Å²) in [5, 5.41) is 18.1. The molecule has 1 aliphatic heterocycles. The Bertz CT molecular complexity index is 975. The summed E-state index contributed by atoms with van der Waals surface area (Å²) in [7, 11) is -3.26. The van der Waals surface area contributed by atoms with Gasteiger partial charge in [-0.2, -0.15) is 5.10 Å². The number of benzene rings is 1. The number of aromatic nitrogens is 2. The molecule has 1 saturated carbocycles. The van der Waals surface area contributed by atoms with Gasteiger partial charge >= 0.3 is 0 Å². The Balaban J connectivity index is 1.65. The molecule has 0 saturated heterocycles. The highest BCUT2D eigenvalue weighted by Gasteiger charge is 2.29. The molecule has 0 unspecified atom stereocenters. The van der Waals surface area contributed by atoms with Crippen molar-refractivity contribution in [1.29, 1.82) is 0 Å². The van der Waals surface area contributed by atoms with Crippen LogP contribution in [0.25, 0.3) is 0 Å². The highest BCUT2D eigenvalue weighted by atomic mass is 32.2. The van der Waals surface area contributed by atoms with Crippen molar-refractivity contribution < 1.29 is 13.5 Å². The molecule has 27 heavy (non-hydrogen) atoms. The number of hydrogen-bond acceptors (Lipinski definition) is 5. The number of nitrogens with zero attached hydrogens (tertiary/aromatic N) is 2. The molecule has 7 nitrogen and oxygen atoms in total. The number of fused-ring (bicyclic) bond motifs is 1. The van der Waals surface area contributed by atoms with E-state index in [-0.39, 0.29) is 23.3 Å². The molecule has 1 fully saturated rings. The van der Waals surface area contributed by atoms with E-state index in [0.29, 0.717) is 5.69 Å². The molecular weight excluding hydrogens is 364 g/mol. The van der Waals surface area contributed by atoms with E-state index in [1.807, 2.05) is 16.8 Å². The van der Waals surface area contributed by atoms with Gasteiger partial charge in [0.1, 0.15) is 5.82 Å². The fraction of sp³-hybridized carbons (Fsp3) is 0.526. The van der Waals surface area contributed by atoms with Gasteiger partial charge in [0.05, 0.1) is 28.8 Å². The van der Waals surface area contributed by atoms with Gasteiger partial charge in [-0.25, -0.2) is 13.1 Å². The number of aliphatic hydroxyl groups is 1. The molecule has 0 spiro atoms. The van der Waals surface area contributed by atoms with Gasteiger partial charge in [-0.05, 0) is 63.8 Å². The molecule has 1 aromatic carbocycles. The first kappa shape index (κ1) is 18.3. The Morgan fingerprint density at radius 3 is 2.70 bits per heavy atom. The molecule has 2 aromatic rings. The zero-order chi connectivity index (χ0) is 19.4. The molecule has 4 rings (SSSR count). The standard InChI is InChI=1S/C19H26N4O3S/c1-19(2,3)23-18(10-17(21-23)12-4-6-15(24)9-12)20-14-5-7-16-13(8-14)11-27(25,26)22-16/h5,7-8,10,12,15,20,22,24H,4,6,9,11H2,1-3H3/t12-,15+/m0/s1. The summed E-state index contributed by atoms with van der Waals surface area (Å²) in [6.45, 7) is 6.28. The van der Waals surface area contributed by atoms with Crippen molar-refractivity contribution >= 4 is 27.2 Å². The van der Waals surface area contributed by atoms with Crippen LogP contribution < -0.4 is 10.0 Å². The van der Waals surface area contributed by atoms with Crippen molar-refractivity contribution in [3.8, 4) is 0 Å². The lowest BCUT2D eigenvalue weighted by Gasteiger charge is -2.23. The van der Waals surface area contributed by atoms with Crippen LogP contribution in [0.2, 0.25) is 0 Å². The minimum atomic E-state index is -3.26. The molecule has 146 valence electrons. The second-order valence-corrected chi connectivity index (χ2v) is 10.3. The number of anilines is 3. The minimum Gasteiger partial charge on any atom is -0.393 e.